The maximum absolute atomic E-state index is 13.1. The molecule has 2 aromatic carbocycles. The minimum atomic E-state index is -0.113. The number of aryl methyl sites for hydroxylation is 2. The molecule has 0 saturated carbocycles. The second-order valence-corrected chi connectivity index (χ2v) is 8.35. The molecule has 6 heteroatoms. The van der Waals surface area contributed by atoms with Gasteiger partial charge in [-0.25, -0.2) is 14.8 Å². The summed E-state index contributed by atoms with van der Waals surface area (Å²) in [5.41, 5.74) is 7.85. The van der Waals surface area contributed by atoms with Gasteiger partial charge in [0.05, 0.1) is 17.9 Å². The zero-order chi connectivity index (χ0) is 22.8. The summed E-state index contributed by atoms with van der Waals surface area (Å²) in [6.07, 6.45) is 4.20. The maximum atomic E-state index is 13.1. The fourth-order valence-corrected chi connectivity index (χ4v) is 4.20. The molecule has 0 spiro atoms. The molecule has 2 aromatic heterocycles. The van der Waals surface area contributed by atoms with Gasteiger partial charge in [0.1, 0.15) is 0 Å². The highest BCUT2D eigenvalue weighted by molar-refractivity contribution is 5.89. The van der Waals surface area contributed by atoms with Crippen LogP contribution in [0.25, 0.3) is 22.6 Å². The van der Waals surface area contributed by atoms with Crippen LogP contribution in [0.2, 0.25) is 0 Å². The van der Waals surface area contributed by atoms with E-state index in [1.54, 1.807) is 12.4 Å². The molecule has 1 aliphatic heterocycles. The molecule has 0 aliphatic carbocycles. The third kappa shape index (κ3) is 4.32. The van der Waals surface area contributed by atoms with Crippen molar-refractivity contribution in [2.45, 2.75) is 26.8 Å². The van der Waals surface area contributed by atoms with E-state index in [1.807, 2.05) is 60.4 Å². The van der Waals surface area contributed by atoms with Gasteiger partial charge in [-0.2, -0.15) is 0 Å². The monoisotopic (exact) mass is 435 g/mol. The number of rotatable bonds is 3. The second-order valence-electron chi connectivity index (χ2n) is 8.35. The normalized spacial score (nSPS) is 12.8. The first-order valence-corrected chi connectivity index (χ1v) is 11.1. The van der Waals surface area contributed by atoms with Crippen LogP contribution in [0.4, 0.5) is 10.5 Å². The molecule has 0 radical (unpaired) electrons. The van der Waals surface area contributed by atoms with Crippen LogP contribution in [0.3, 0.4) is 0 Å². The molecule has 6 nitrogen and oxygen atoms in total. The topological polar surface area (TPSA) is 71.0 Å². The van der Waals surface area contributed by atoms with Gasteiger partial charge in [-0.1, -0.05) is 36.4 Å². The highest BCUT2D eigenvalue weighted by Gasteiger charge is 2.27. The van der Waals surface area contributed by atoms with Crippen LogP contribution in [0.5, 0.6) is 0 Å². The van der Waals surface area contributed by atoms with E-state index < -0.39 is 0 Å². The molecule has 3 heterocycles. The minimum absolute atomic E-state index is 0.113. The summed E-state index contributed by atoms with van der Waals surface area (Å²) < 4.78 is 0. The van der Waals surface area contributed by atoms with Crippen molar-refractivity contribution < 1.29 is 4.79 Å². The molecule has 0 fully saturated rings. The lowest BCUT2D eigenvalue weighted by Gasteiger charge is -2.30. The largest absolute Gasteiger partial charge is 0.322 e. The molecule has 164 valence electrons. The highest BCUT2D eigenvalue weighted by Crippen LogP contribution is 2.32. The zero-order valence-corrected chi connectivity index (χ0v) is 18.7. The molecule has 0 bridgehead atoms. The van der Waals surface area contributed by atoms with Crippen molar-refractivity contribution in [3.8, 4) is 22.6 Å². The van der Waals surface area contributed by atoms with Crippen molar-refractivity contribution in [1.82, 2.24) is 19.9 Å². The number of hydrogen-bond donors (Lipinski definition) is 1. The van der Waals surface area contributed by atoms with E-state index in [9.17, 15) is 4.79 Å². The highest BCUT2D eigenvalue weighted by atomic mass is 16.2. The predicted octanol–water partition coefficient (Wildman–Crippen LogP) is 5.41. The molecule has 0 atom stereocenters. The SMILES string of the molecule is Cc1cccc(NC(=O)N2CCc3nc(-c4cccnc4)nc(-c4ccccc4C)c3C2)c1. The fourth-order valence-electron chi connectivity index (χ4n) is 4.20. The minimum Gasteiger partial charge on any atom is -0.320 e. The summed E-state index contributed by atoms with van der Waals surface area (Å²) in [6.45, 7) is 5.16. The Kier molecular flexibility index (Phi) is 5.57. The van der Waals surface area contributed by atoms with Crippen LogP contribution >= 0.6 is 0 Å². The quantitative estimate of drug-likeness (QED) is 0.467. The van der Waals surface area contributed by atoms with Gasteiger partial charge < -0.3 is 10.2 Å². The van der Waals surface area contributed by atoms with Gasteiger partial charge in [0, 0.05) is 47.7 Å². The number of carbonyl (C=O) groups excluding carboxylic acids is 1. The summed E-state index contributed by atoms with van der Waals surface area (Å²) >= 11 is 0. The number of hydrogen-bond acceptors (Lipinski definition) is 4. The Bertz CT molecular complexity index is 1320. The molecule has 2 amide bonds. The van der Waals surface area contributed by atoms with Crippen molar-refractivity contribution in [3.05, 3.63) is 95.4 Å². The molecule has 33 heavy (non-hydrogen) atoms. The van der Waals surface area contributed by atoms with Gasteiger partial charge in [0.15, 0.2) is 5.82 Å². The zero-order valence-electron chi connectivity index (χ0n) is 18.7. The van der Waals surface area contributed by atoms with Crippen molar-refractivity contribution in [2.24, 2.45) is 0 Å². The predicted molar refractivity (Wildman–Crippen MR) is 130 cm³/mol. The van der Waals surface area contributed by atoms with Gasteiger partial charge in [0.25, 0.3) is 0 Å². The fraction of sp³-hybridized carbons (Fsp3) is 0.185. The van der Waals surface area contributed by atoms with E-state index in [0.29, 0.717) is 25.3 Å². The third-order valence-electron chi connectivity index (χ3n) is 5.94. The van der Waals surface area contributed by atoms with E-state index in [0.717, 1.165) is 44.9 Å². The summed E-state index contributed by atoms with van der Waals surface area (Å²) in [6, 6.07) is 19.8. The smallest absolute Gasteiger partial charge is 0.320 e. The maximum Gasteiger partial charge on any atom is 0.322 e. The van der Waals surface area contributed by atoms with Gasteiger partial charge in [-0.3, -0.25) is 4.98 Å². The number of nitrogens with one attached hydrogen (secondary N) is 1. The molecule has 0 unspecified atom stereocenters. The van der Waals surface area contributed by atoms with E-state index >= 15 is 0 Å². The lowest BCUT2D eigenvalue weighted by atomic mass is 9.96. The van der Waals surface area contributed by atoms with Crippen molar-refractivity contribution in [3.63, 3.8) is 0 Å². The number of amides is 2. The molecule has 1 N–H and O–H groups in total. The Morgan fingerprint density at radius 3 is 2.67 bits per heavy atom. The first-order valence-electron chi connectivity index (χ1n) is 11.1. The average molecular weight is 436 g/mol. The Labute approximate surface area is 193 Å². The Morgan fingerprint density at radius 2 is 1.88 bits per heavy atom. The van der Waals surface area contributed by atoms with Crippen LogP contribution in [-0.4, -0.2) is 32.4 Å². The van der Waals surface area contributed by atoms with Gasteiger partial charge >= 0.3 is 6.03 Å². The first kappa shape index (κ1) is 20.8. The van der Waals surface area contributed by atoms with Crippen molar-refractivity contribution >= 4 is 11.7 Å². The summed E-state index contributed by atoms with van der Waals surface area (Å²) in [4.78, 5) is 29.0. The second kappa shape index (κ2) is 8.82. The number of aromatic nitrogens is 3. The number of anilines is 1. The Morgan fingerprint density at radius 1 is 1.00 bits per heavy atom. The lowest BCUT2D eigenvalue weighted by Crippen LogP contribution is -2.39. The number of pyridine rings is 1. The summed E-state index contributed by atoms with van der Waals surface area (Å²) in [5.74, 6) is 0.665. The van der Waals surface area contributed by atoms with E-state index in [1.165, 1.54) is 0 Å². The molecule has 4 aromatic rings. The molecule has 1 aliphatic rings. The first-order chi connectivity index (χ1) is 16.1. The van der Waals surface area contributed by atoms with E-state index in [2.05, 4.69) is 29.4 Å². The molecule has 0 saturated heterocycles. The number of nitrogens with zero attached hydrogens (tertiary/aromatic N) is 4. The van der Waals surface area contributed by atoms with Gasteiger partial charge in [-0.05, 0) is 49.2 Å². The number of fused-ring (bicyclic) bond motifs is 1. The summed E-state index contributed by atoms with van der Waals surface area (Å²) in [7, 11) is 0. The molecular weight excluding hydrogens is 410 g/mol. The third-order valence-corrected chi connectivity index (χ3v) is 5.94. The molecule has 5 rings (SSSR count). The van der Waals surface area contributed by atoms with Crippen LogP contribution in [0.1, 0.15) is 22.4 Å². The lowest BCUT2D eigenvalue weighted by molar-refractivity contribution is 0.206. The average Bonchev–Trinajstić information content (AvgIpc) is 2.84. The standard InChI is InChI=1S/C27H25N5O/c1-18-7-5-10-21(15-18)29-27(33)32-14-12-24-23(17-32)25(22-11-4-3-8-19(22)2)31-26(30-24)20-9-6-13-28-16-20/h3-11,13,15-16H,12,14,17H2,1-2H3,(H,29,33). The number of benzene rings is 2. The Balaban J connectivity index is 1.53. The van der Waals surface area contributed by atoms with Gasteiger partial charge in [-0.15, -0.1) is 0 Å². The number of urea groups is 1. The van der Waals surface area contributed by atoms with Crippen LogP contribution in [0, 0.1) is 13.8 Å². The van der Waals surface area contributed by atoms with Crippen LogP contribution < -0.4 is 5.32 Å². The van der Waals surface area contributed by atoms with E-state index in [-0.39, 0.29) is 6.03 Å². The van der Waals surface area contributed by atoms with Gasteiger partial charge in [0.2, 0.25) is 0 Å². The van der Waals surface area contributed by atoms with Crippen molar-refractivity contribution in [1.29, 1.82) is 0 Å². The van der Waals surface area contributed by atoms with E-state index in [4.69, 9.17) is 9.97 Å². The summed E-state index contributed by atoms with van der Waals surface area (Å²) in [5, 5.41) is 3.03. The van der Waals surface area contributed by atoms with Crippen LogP contribution in [-0.2, 0) is 13.0 Å². The number of carbonyl (C=O) groups is 1. The molecular formula is C27H25N5O. The Hall–Kier alpha value is -4.06. The van der Waals surface area contributed by atoms with Crippen molar-refractivity contribution in [2.75, 3.05) is 11.9 Å². The van der Waals surface area contributed by atoms with Crippen LogP contribution in [0.15, 0.2) is 73.1 Å².